The van der Waals surface area contributed by atoms with Gasteiger partial charge in [-0.2, -0.15) is 0 Å². The Morgan fingerprint density at radius 3 is 2.33 bits per heavy atom. The number of hydrogen-bond acceptors (Lipinski definition) is 4. The SMILES string of the molecule is CC(C)COC(=O)Nc1cccc(NC(=O)C2CCN(C(=O)c3ccc(F)cc3F)CC2)c1. The minimum absolute atomic E-state index is 0.185. The molecule has 176 valence electrons. The summed E-state index contributed by atoms with van der Waals surface area (Å²) < 4.78 is 32.1. The van der Waals surface area contributed by atoms with Gasteiger partial charge >= 0.3 is 6.09 Å². The third kappa shape index (κ3) is 6.74. The monoisotopic (exact) mass is 459 g/mol. The molecule has 33 heavy (non-hydrogen) atoms. The number of rotatable bonds is 6. The van der Waals surface area contributed by atoms with Crippen LogP contribution in [0, 0.1) is 23.5 Å². The molecule has 1 saturated heterocycles. The number of amides is 3. The molecule has 0 unspecified atom stereocenters. The van der Waals surface area contributed by atoms with E-state index in [1.807, 2.05) is 13.8 Å². The van der Waals surface area contributed by atoms with Crippen molar-refractivity contribution in [3.05, 3.63) is 59.7 Å². The summed E-state index contributed by atoms with van der Waals surface area (Å²) in [6, 6.07) is 9.58. The van der Waals surface area contributed by atoms with Gasteiger partial charge in [0, 0.05) is 36.4 Å². The molecule has 3 amide bonds. The van der Waals surface area contributed by atoms with Gasteiger partial charge in [-0.3, -0.25) is 14.9 Å². The molecule has 1 aliphatic rings. The molecule has 0 radical (unpaired) electrons. The van der Waals surface area contributed by atoms with Crippen LogP contribution in [0.25, 0.3) is 0 Å². The average molecular weight is 459 g/mol. The first-order valence-electron chi connectivity index (χ1n) is 10.8. The average Bonchev–Trinajstić information content (AvgIpc) is 2.77. The molecule has 2 aromatic carbocycles. The van der Waals surface area contributed by atoms with E-state index in [0.717, 1.165) is 12.1 Å². The van der Waals surface area contributed by atoms with Gasteiger partial charge in [0.2, 0.25) is 5.91 Å². The molecule has 0 aliphatic carbocycles. The number of ether oxygens (including phenoxy) is 1. The van der Waals surface area contributed by atoms with Gasteiger partial charge in [-0.1, -0.05) is 19.9 Å². The lowest BCUT2D eigenvalue weighted by molar-refractivity contribution is -0.121. The van der Waals surface area contributed by atoms with Crippen molar-refractivity contribution in [2.75, 3.05) is 30.3 Å². The minimum atomic E-state index is -0.901. The fourth-order valence-electron chi connectivity index (χ4n) is 3.49. The number of nitrogens with one attached hydrogen (secondary N) is 2. The zero-order valence-corrected chi connectivity index (χ0v) is 18.6. The van der Waals surface area contributed by atoms with E-state index in [0.29, 0.717) is 36.9 Å². The van der Waals surface area contributed by atoms with Crippen LogP contribution in [0.3, 0.4) is 0 Å². The molecule has 1 fully saturated rings. The Morgan fingerprint density at radius 2 is 1.70 bits per heavy atom. The van der Waals surface area contributed by atoms with Crippen molar-refractivity contribution < 1.29 is 27.9 Å². The first-order chi connectivity index (χ1) is 15.7. The molecule has 9 heteroatoms. The molecule has 1 heterocycles. The van der Waals surface area contributed by atoms with E-state index in [2.05, 4.69) is 10.6 Å². The lowest BCUT2D eigenvalue weighted by Gasteiger charge is -2.31. The highest BCUT2D eigenvalue weighted by atomic mass is 19.1. The van der Waals surface area contributed by atoms with Crippen LogP contribution in [0.1, 0.15) is 37.0 Å². The van der Waals surface area contributed by atoms with E-state index in [4.69, 9.17) is 4.74 Å². The number of anilines is 2. The van der Waals surface area contributed by atoms with Gasteiger partial charge in [-0.15, -0.1) is 0 Å². The summed E-state index contributed by atoms with van der Waals surface area (Å²) in [6.45, 7) is 4.75. The Labute approximate surface area is 191 Å². The third-order valence-electron chi connectivity index (χ3n) is 5.24. The van der Waals surface area contributed by atoms with Gasteiger partial charge in [0.15, 0.2) is 0 Å². The lowest BCUT2D eigenvalue weighted by atomic mass is 9.95. The number of halogens is 2. The van der Waals surface area contributed by atoms with Crippen molar-refractivity contribution in [1.29, 1.82) is 0 Å². The molecule has 0 spiro atoms. The normalized spacial score (nSPS) is 14.2. The maximum absolute atomic E-state index is 13.9. The summed E-state index contributed by atoms with van der Waals surface area (Å²) >= 11 is 0. The highest BCUT2D eigenvalue weighted by Gasteiger charge is 2.29. The van der Waals surface area contributed by atoms with Crippen LogP contribution in [0.15, 0.2) is 42.5 Å². The van der Waals surface area contributed by atoms with Crippen molar-refractivity contribution in [3.8, 4) is 0 Å². The summed E-state index contributed by atoms with van der Waals surface area (Å²) in [5, 5.41) is 5.45. The molecular formula is C24H27F2N3O4. The quantitative estimate of drug-likeness (QED) is 0.658. The summed E-state index contributed by atoms with van der Waals surface area (Å²) in [4.78, 5) is 38.5. The van der Waals surface area contributed by atoms with Crippen LogP contribution in [-0.4, -0.2) is 42.5 Å². The van der Waals surface area contributed by atoms with Crippen LogP contribution in [-0.2, 0) is 9.53 Å². The number of piperidine rings is 1. The summed E-state index contributed by atoms with van der Waals surface area (Å²) in [5.74, 6) is -2.46. The maximum atomic E-state index is 13.9. The first kappa shape index (κ1) is 24.2. The van der Waals surface area contributed by atoms with Gasteiger partial charge in [-0.25, -0.2) is 13.6 Å². The van der Waals surface area contributed by atoms with E-state index in [9.17, 15) is 23.2 Å². The number of hydrogen-bond donors (Lipinski definition) is 2. The third-order valence-corrected chi connectivity index (χ3v) is 5.24. The smallest absolute Gasteiger partial charge is 0.411 e. The lowest BCUT2D eigenvalue weighted by Crippen LogP contribution is -2.41. The van der Waals surface area contributed by atoms with E-state index in [1.165, 1.54) is 4.90 Å². The second-order valence-corrected chi connectivity index (χ2v) is 8.38. The topological polar surface area (TPSA) is 87.7 Å². The number of likely N-dealkylation sites (tertiary alicyclic amines) is 1. The van der Waals surface area contributed by atoms with Crippen LogP contribution < -0.4 is 10.6 Å². The number of nitrogens with zero attached hydrogens (tertiary/aromatic N) is 1. The van der Waals surface area contributed by atoms with E-state index in [1.54, 1.807) is 24.3 Å². The van der Waals surface area contributed by atoms with Crippen LogP contribution in [0.2, 0.25) is 0 Å². The summed E-state index contributed by atoms with van der Waals surface area (Å²) in [6.07, 6.45) is 0.265. The summed E-state index contributed by atoms with van der Waals surface area (Å²) in [7, 11) is 0. The van der Waals surface area contributed by atoms with Gasteiger partial charge in [0.1, 0.15) is 11.6 Å². The van der Waals surface area contributed by atoms with Crippen molar-refractivity contribution >= 4 is 29.3 Å². The second-order valence-electron chi connectivity index (χ2n) is 8.38. The molecule has 7 nitrogen and oxygen atoms in total. The molecule has 3 rings (SSSR count). The highest BCUT2D eigenvalue weighted by Crippen LogP contribution is 2.23. The number of carbonyl (C=O) groups excluding carboxylic acids is 3. The van der Waals surface area contributed by atoms with E-state index in [-0.39, 0.29) is 36.4 Å². The van der Waals surface area contributed by atoms with Crippen molar-refractivity contribution in [2.24, 2.45) is 11.8 Å². The molecular weight excluding hydrogens is 432 g/mol. The maximum Gasteiger partial charge on any atom is 0.411 e. The highest BCUT2D eigenvalue weighted by molar-refractivity contribution is 5.96. The van der Waals surface area contributed by atoms with Crippen LogP contribution >= 0.6 is 0 Å². The van der Waals surface area contributed by atoms with Crippen molar-refractivity contribution in [3.63, 3.8) is 0 Å². The number of benzene rings is 2. The van der Waals surface area contributed by atoms with Gasteiger partial charge in [0.25, 0.3) is 5.91 Å². The molecule has 0 atom stereocenters. The van der Waals surface area contributed by atoms with Gasteiger partial charge in [-0.05, 0) is 49.1 Å². The minimum Gasteiger partial charge on any atom is -0.449 e. The Kier molecular flexibility index (Phi) is 7.97. The van der Waals surface area contributed by atoms with Gasteiger partial charge < -0.3 is 15.0 Å². The molecule has 2 N–H and O–H groups in total. The van der Waals surface area contributed by atoms with Crippen LogP contribution in [0.4, 0.5) is 25.0 Å². The second kappa shape index (κ2) is 10.9. The van der Waals surface area contributed by atoms with Crippen LogP contribution in [0.5, 0.6) is 0 Å². The predicted octanol–water partition coefficient (Wildman–Crippen LogP) is 4.66. The fraction of sp³-hybridized carbons (Fsp3) is 0.375. The van der Waals surface area contributed by atoms with E-state index >= 15 is 0 Å². The molecule has 2 aromatic rings. The molecule has 1 aliphatic heterocycles. The summed E-state index contributed by atoms with van der Waals surface area (Å²) in [5.41, 5.74) is 0.826. The van der Waals surface area contributed by atoms with Gasteiger partial charge in [0.05, 0.1) is 12.2 Å². The Morgan fingerprint density at radius 1 is 1.03 bits per heavy atom. The predicted molar refractivity (Wildman–Crippen MR) is 120 cm³/mol. The Balaban J connectivity index is 1.52. The zero-order valence-electron chi connectivity index (χ0n) is 18.6. The zero-order chi connectivity index (χ0) is 24.0. The molecule has 0 aromatic heterocycles. The van der Waals surface area contributed by atoms with Crippen molar-refractivity contribution in [1.82, 2.24) is 4.90 Å². The Hall–Kier alpha value is -3.49. The standard InChI is InChI=1S/C24H27F2N3O4/c1-15(2)14-33-24(32)28-19-5-3-4-18(13-19)27-22(30)16-8-10-29(11-9-16)23(31)20-7-6-17(25)12-21(20)26/h3-7,12-13,15-16H,8-11,14H2,1-2H3,(H,27,30)(H,28,32). The Bertz CT molecular complexity index is 1020. The molecule has 0 bridgehead atoms. The fourth-order valence-corrected chi connectivity index (χ4v) is 3.49. The number of carbonyl (C=O) groups is 3. The van der Waals surface area contributed by atoms with E-state index < -0.39 is 23.6 Å². The van der Waals surface area contributed by atoms with Crippen molar-refractivity contribution in [2.45, 2.75) is 26.7 Å². The largest absolute Gasteiger partial charge is 0.449 e. The first-order valence-corrected chi connectivity index (χ1v) is 10.8. The molecule has 0 saturated carbocycles.